The van der Waals surface area contributed by atoms with Gasteiger partial charge >= 0.3 is 0 Å². The van der Waals surface area contributed by atoms with Crippen molar-refractivity contribution in [2.24, 2.45) is 0 Å². The summed E-state index contributed by atoms with van der Waals surface area (Å²) in [4.78, 5) is 25.2. The van der Waals surface area contributed by atoms with Crippen molar-refractivity contribution in [1.29, 1.82) is 0 Å². The Morgan fingerprint density at radius 2 is 1.59 bits per heavy atom. The number of benzene rings is 3. The Labute approximate surface area is 290 Å². The van der Waals surface area contributed by atoms with E-state index >= 15 is 0 Å². The molecule has 0 radical (unpaired) electrons. The molecule has 1 amide bonds. The van der Waals surface area contributed by atoms with E-state index in [1.165, 1.54) is 5.56 Å². The number of sulfone groups is 1. The van der Waals surface area contributed by atoms with Crippen molar-refractivity contribution in [3.63, 3.8) is 0 Å². The number of rotatable bonds is 15. The Hall–Kier alpha value is -4.29. The lowest BCUT2D eigenvalue weighted by molar-refractivity contribution is 0.0782. The van der Waals surface area contributed by atoms with E-state index in [1.54, 1.807) is 45.3 Å². The van der Waals surface area contributed by atoms with Gasteiger partial charge in [-0.05, 0) is 55.8 Å². The van der Waals surface area contributed by atoms with Crippen LogP contribution in [-0.4, -0.2) is 113 Å². The number of fused-ring (bicyclic) bond motifs is 1. The highest BCUT2D eigenvalue weighted by Gasteiger charge is 2.25. The van der Waals surface area contributed by atoms with Gasteiger partial charge in [0.05, 0.1) is 38.1 Å². The van der Waals surface area contributed by atoms with Crippen molar-refractivity contribution in [1.82, 2.24) is 19.4 Å². The van der Waals surface area contributed by atoms with Gasteiger partial charge in [0.15, 0.2) is 21.3 Å². The zero-order valence-electron chi connectivity index (χ0n) is 29.3. The zero-order valence-corrected chi connectivity index (χ0v) is 30.1. The lowest BCUT2D eigenvalue weighted by Gasteiger charge is -2.28. The highest BCUT2D eigenvalue weighted by atomic mass is 32.2. The van der Waals surface area contributed by atoms with E-state index in [0.717, 1.165) is 62.5 Å². The molecule has 1 unspecified atom stereocenters. The average molecular weight is 692 g/mol. The maximum atomic E-state index is 13.7. The summed E-state index contributed by atoms with van der Waals surface area (Å²) in [5, 5.41) is 0. The fourth-order valence-electron chi connectivity index (χ4n) is 6.56. The van der Waals surface area contributed by atoms with Crippen LogP contribution in [-0.2, 0) is 16.4 Å². The van der Waals surface area contributed by atoms with Gasteiger partial charge in [0.2, 0.25) is 11.7 Å². The number of carbonyl (C=O) groups excluding carboxylic acids is 1. The number of methoxy groups -OCH3 is 3. The van der Waals surface area contributed by atoms with Gasteiger partial charge in [-0.3, -0.25) is 4.79 Å². The van der Waals surface area contributed by atoms with Crippen LogP contribution in [0.3, 0.4) is 0 Å². The van der Waals surface area contributed by atoms with E-state index < -0.39 is 9.84 Å². The Kier molecular flexibility index (Phi) is 12.1. The van der Waals surface area contributed by atoms with Gasteiger partial charge in [-0.2, -0.15) is 0 Å². The van der Waals surface area contributed by atoms with Gasteiger partial charge in [-0.15, -0.1) is 0 Å². The van der Waals surface area contributed by atoms with Crippen molar-refractivity contribution >= 4 is 32.7 Å². The third kappa shape index (κ3) is 8.66. The third-order valence-electron chi connectivity index (χ3n) is 9.39. The minimum Gasteiger partial charge on any atom is -0.493 e. The van der Waals surface area contributed by atoms with Crippen LogP contribution in [0, 0.1) is 0 Å². The van der Waals surface area contributed by atoms with Crippen LogP contribution >= 0.6 is 0 Å². The molecule has 3 aromatic carbocycles. The van der Waals surface area contributed by atoms with E-state index in [2.05, 4.69) is 26.5 Å². The molecule has 1 aromatic heterocycles. The second-order valence-electron chi connectivity index (χ2n) is 12.5. The van der Waals surface area contributed by atoms with Crippen LogP contribution in [0.4, 0.5) is 5.95 Å². The van der Waals surface area contributed by atoms with E-state index in [4.69, 9.17) is 19.2 Å². The monoisotopic (exact) mass is 691 g/mol. The molecular formula is C37H49N5O6S. The van der Waals surface area contributed by atoms with Crippen LogP contribution in [0.1, 0.15) is 41.6 Å². The number of nitrogens with zero attached hydrogens (tertiary/aromatic N) is 5. The highest BCUT2D eigenvalue weighted by Crippen LogP contribution is 2.38. The Balaban J connectivity index is 1.27. The first-order chi connectivity index (χ1) is 23.7. The molecule has 0 saturated carbocycles. The normalized spacial score (nSPS) is 14.8. The summed E-state index contributed by atoms with van der Waals surface area (Å²) in [6.45, 7) is 6.94. The summed E-state index contributed by atoms with van der Waals surface area (Å²) in [6, 6.07) is 21.7. The Bertz CT molecular complexity index is 1790. The van der Waals surface area contributed by atoms with E-state index in [-0.39, 0.29) is 23.3 Å². The third-order valence-corrected chi connectivity index (χ3v) is 11.1. The molecule has 4 aromatic rings. The number of imidazole rings is 1. The van der Waals surface area contributed by atoms with Crippen LogP contribution in [0.25, 0.3) is 11.0 Å². The molecule has 264 valence electrons. The lowest BCUT2D eigenvalue weighted by Crippen LogP contribution is -2.35. The molecule has 11 nitrogen and oxygen atoms in total. The van der Waals surface area contributed by atoms with Gasteiger partial charge in [0, 0.05) is 57.0 Å². The smallest absolute Gasteiger partial charge is 0.253 e. The largest absolute Gasteiger partial charge is 0.493 e. The SMILES string of the molecule is CCS(=O)(=O)CCn1c(N2CCCN(CCC(CN(C)C(=O)c3cc(OC)c(OC)c(OC)c3)c3ccccc3)CC2)nc2ccccc21. The minimum absolute atomic E-state index is 0.0915. The van der Waals surface area contributed by atoms with Crippen LogP contribution in [0.5, 0.6) is 17.2 Å². The molecular weight excluding hydrogens is 643 g/mol. The molecule has 0 N–H and O–H groups in total. The molecule has 1 aliphatic heterocycles. The van der Waals surface area contributed by atoms with Gasteiger partial charge < -0.3 is 33.5 Å². The van der Waals surface area contributed by atoms with E-state index in [9.17, 15) is 13.2 Å². The molecule has 0 spiro atoms. The fraction of sp³-hybridized carbons (Fsp3) is 0.459. The molecule has 1 atom stereocenters. The maximum Gasteiger partial charge on any atom is 0.253 e. The Morgan fingerprint density at radius 1 is 0.898 bits per heavy atom. The van der Waals surface area contributed by atoms with E-state index in [1.807, 2.05) is 49.5 Å². The second kappa shape index (κ2) is 16.4. The molecule has 5 rings (SSSR count). The van der Waals surface area contributed by atoms with Crippen molar-refractivity contribution in [2.75, 3.05) is 84.1 Å². The number of anilines is 1. The number of aromatic nitrogens is 2. The summed E-state index contributed by atoms with van der Waals surface area (Å²) in [5.74, 6) is 2.39. The molecule has 49 heavy (non-hydrogen) atoms. The van der Waals surface area contributed by atoms with Crippen LogP contribution in [0.2, 0.25) is 0 Å². The standard InChI is InChI=1S/C37H49N5O6S/c1-6-49(44,45)24-23-42-32-16-11-10-15-31(32)38-37(42)41-19-12-18-40(21-22-41)20-17-29(28-13-8-7-9-14-28)27-39(2)36(43)30-25-33(46-3)35(48-5)34(26-30)47-4/h7-11,13-16,25-26,29H,6,12,17-24,27H2,1-5H3. The fourth-order valence-corrected chi connectivity index (χ4v) is 7.31. The first kappa shape index (κ1) is 36.0. The van der Waals surface area contributed by atoms with Crippen LogP contribution in [0.15, 0.2) is 66.7 Å². The summed E-state index contributed by atoms with van der Waals surface area (Å²) >= 11 is 0. The number of likely N-dealkylation sites (N-methyl/N-ethyl adjacent to an activating group) is 1. The highest BCUT2D eigenvalue weighted by molar-refractivity contribution is 7.91. The summed E-state index contributed by atoms with van der Waals surface area (Å²) in [5.41, 5.74) is 3.50. The van der Waals surface area contributed by atoms with Crippen molar-refractivity contribution < 1.29 is 27.4 Å². The molecule has 0 bridgehead atoms. The minimum atomic E-state index is -3.12. The number of hydrogen-bond donors (Lipinski definition) is 0. The Morgan fingerprint density at radius 3 is 2.27 bits per heavy atom. The molecule has 0 aliphatic carbocycles. The second-order valence-corrected chi connectivity index (χ2v) is 14.9. The number of amides is 1. The number of carbonyl (C=O) groups is 1. The number of para-hydroxylation sites is 2. The number of aryl methyl sites for hydroxylation is 1. The van der Waals surface area contributed by atoms with Crippen molar-refractivity contribution in [3.05, 3.63) is 77.9 Å². The molecule has 1 fully saturated rings. The summed E-state index contributed by atoms with van der Waals surface area (Å²) < 4.78 is 43.3. The molecule has 1 saturated heterocycles. The van der Waals surface area contributed by atoms with Crippen molar-refractivity contribution in [2.45, 2.75) is 32.2 Å². The molecule has 1 aliphatic rings. The quantitative estimate of drug-likeness (QED) is 0.171. The number of hydrogen-bond acceptors (Lipinski definition) is 9. The van der Waals surface area contributed by atoms with E-state index in [0.29, 0.717) is 35.9 Å². The topological polar surface area (TPSA) is 106 Å². The zero-order chi connectivity index (χ0) is 35.0. The average Bonchev–Trinajstić information content (AvgIpc) is 3.33. The van der Waals surface area contributed by atoms with Crippen LogP contribution < -0.4 is 19.1 Å². The van der Waals surface area contributed by atoms with Crippen molar-refractivity contribution in [3.8, 4) is 17.2 Å². The maximum absolute atomic E-state index is 13.7. The number of ether oxygens (including phenoxy) is 3. The van der Waals surface area contributed by atoms with Gasteiger partial charge in [0.1, 0.15) is 0 Å². The van der Waals surface area contributed by atoms with Gasteiger partial charge in [-0.25, -0.2) is 13.4 Å². The summed E-state index contributed by atoms with van der Waals surface area (Å²) in [6.07, 6.45) is 1.84. The lowest BCUT2D eigenvalue weighted by atomic mass is 9.94. The van der Waals surface area contributed by atoms with Gasteiger partial charge in [0.25, 0.3) is 5.91 Å². The molecule has 2 heterocycles. The first-order valence-electron chi connectivity index (χ1n) is 16.9. The predicted octanol–water partition coefficient (Wildman–Crippen LogP) is 4.96. The predicted molar refractivity (Wildman–Crippen MR) is 194 cm³/mol. The summed E-state index contributed by atoms with van der Waals surface area (Å²) in [7, 11) is 3.34. The first-order valence-corrected chi connectivity index (χ1v) is 18.7. The molecule has 12 heteroatoms. The van der Waals surface area contributed by atoms with Gasteiger partial charge in [-0.1, -0.05) is 49.4 Å².